The summed E-state index contributed by atoms with van der Waals surface area (Å²) in [6, 6.07) is 3.59. The van der Waals surface area contributed by atoms with Gasteiger partial charge in [0.2, 0.25) is 12.0 Å². The molecule has 3 heterocycles. The first kappa shape index (κ1) is 30.7. The van der Waals surface area contributed by atoms with Gasteiger partial charge in [0.1, 0.15) is 30.5 Å². The van der Waals surface area contributed by atoms with Gasteiger partial charge in [0.05, 0.1) is 19.5 Å². The highest BCUT2D eigenvalue weighted by Crippen LogP contribution is 2.49. The maximum Gasteiger partial charge on any atom is 0.306 e. The van der Waals surface area contributed by atoms with Crippen LogP contribution in [0.1, 0.15) is 44.6 Å². The van der Waals surface area contributed by atoms with Crippen molar-refractivity contribution in [3.8, 4) is 11.5 Å². The summed E-state index contributed by atoms with van der Waals surface area (Å²) in [5, 5.41) is 47.6. The van der Waals surface area contributed by atoms with Crippen molar-refractivity contribution >= 4 is 38.5 Å². The van der Waals surface area contributed by atoms with E-state index in [0.29, 0.717) is 17.7 Å². The molecule has 228 valence electrons. The van der Waals surface area contributed by atoms with Crippen LogP contribution in [-0.4, -0.2) is 100 Å². The summed E-state index contributed by atoms with van der Waals surface area (Å²) in [5.41, 5.74) is -0.600. The van der Waals surface area contributed by atoms with E-state index < -0.39 is 36.8 Å². The van der Waals surface area contributed by atoms with Gasteiger partial charge in [-0.15, -0.1) is 0 Å². The second kappa shape index (κ2) is 13.3. The molecule has 0 unspecified atom stereocenters. The maximum atomic E-state index is 12.2. The molecule has 2 fully saturated rings. The fraction of sp³-hybridized carbons (Fsp3) is 0.679. The number of carbonyl (C=O) groups excluding carboxylic acids is 1. The number of rotatable bonds is 5. The molecule has 0 radical (unpaired) electrons. The van der Waals surface area contributed by atoms with Gasteiger partial charge in [-0.25, -0.2) is 0 Å². The number of aliphatic hydroxyl groups is 4. The zero-order valence-electron chi connectivity index (χ0n) is 23.1. The third-order valence-corrected chi connectivity index (χ3v) is 11.4. The van der Waals surface area contributed by atoms with E-state index in [2.05, 4.69) is 5.32 Å². The lowest BCUT2D eigenvalue weighted by Crippen LogP contribution is -2.68. The Balaban J connectivity index is 1.54. The number of hydrogen-bond acceptors (Lipinski definition) is 13. The smallest absolute Gasteiger partial charge is 0.306 e. The molecular formula is C28H39NO10S2. The third-order valence-electron chi connectivity index (χ3n) is 8.00. The van der Waals surface area contributed by atoms with Crippen LogP contribution >= 0.6 is 21.6 Å². The highest BCUT2D eigenvalue weighted by molar-refractivity contribution is 8.77. The number of ether oxygens (including phenoxy) is 4. The molecule has 5 atom stereocenters. The van der Waals surface area contributed by atoms with Crippen molar-refractivity contribution in [1.82, 2.24) is 5.32 Å². The predicted molar refractivity (Wildman–Crippen MR) is 154 cm³/mol. The summed E-state index contributed by atoms with van der Waals surface area (Å²) < 4.78 is 29.5. The molecule has 2 aromatic rings. The van der Waals surface area contributed by atoms with Gasteiger partial charge >= 0.3 is 5.97 Å². The molecule has 1 spiro atoms. The summed E-state index contributed by atoms with van der Waals surface area (Å²) >= 11 is 0. The van der Waals surface area contributed by atoms with Crippen LogP contribution in [0, 0.1) is 0 Å². The van der Waals surface area contributed by atoms with Gasteiger partial charge < -0.3 is 49.1 Å². The molecular weight excluding hydrogens is 574 g/mol. The first-order valence-corrected chi connectivity index (χ1v) is 16.5. The Morgan fingerprint density at radius 3 is 2.76 bits per heavy atom. The second-order valence-corrected chi connectivity index (χ2v) is 13.6. The number of esters is 1. The van der Waals surface area contributed by atoms with Crippen LogP contribution < -0.4 is 14.8 Å². The number of aliphatic hydroxyl groups excluding tert-OH is 4. The van der Waals surface area contributed by atoms with Crippen molar-refractivity contribution in [3.63, 3.8) is 0 Å². The van der Waals surface area contributed by atoms with Crippen LogP contribution in [0.2, 0.25) is 0 Å². The molecule has 2 bridgehead atoms. The number of aryl methyl sites for hydroxylation is 1. The number of carbonyl (C=O) groups is 1. The lowest BCUT2D eigenvalue weighted by molar-refractivity contribution is -0.312. The highest BCUT2D eigenvalue weighted by Gasteiger charge is 2.55. The van der Waals surface area contributed by atoms with E-state index in [0.717, 1.165) is 37.6 Å². The molecule has 5 rings (SSSR count). The zero-order valence-corrected chi connectivity index (χ0v) is 24.7. The first-order valence-electron chi connectivity index (χ1n) is 14.1. The molecule has 3 aliphatic rings. The molecule has 41 heavy (non-hydrogen) atoms. The van der Waals surface area contributed by atoms with Gasteiger partial charge in [-0.05, 0) is 43.9 Å². The molecule has 0 amide bonds. The Hall–Kier alpha value is -1.71. The fourth-order valence-electron chi connectivity index (χ4n) is 5.68. The van der Waals surface area contributed by atoms with E-state index >= 15 is 0 Å². The molecule has 1 aromatic carbocycles. The van der Waals surface area contributed by atoms with Crippen LogP contribution in [0.25, 0.3) is 11.0 Å². The van der Waals surface area contributed by atoms with Crippen molar-refractivity contribution < 1.29 is 48.6 Å². The Bertz CT molecular complexity index is 1190. The maximum absolute atomic E-state index is 12.2. The van der Waals surface area contributed by atoms with Crippen molar-refractivity contribution in [1.29, 1.82) is 0 Å². The molecule has 1 aliphatic carbocycles. The van der Waals surface area contributed by atoms with Crippen molar-refractivity contribution in [3.05, 3.63) is 24.0 Å². The van der Waals surface area contributed by atoms with Gasteiger partial charge in [-0.1, -0.05) is 34.4 Å². The van der Waals surface area contributed by atoms with Crippen molar-refractivity contribution in [2.45, 2.75) is 80.4 Å². The number of fused-ring (bicyclic) bond motifs is 5. The lowest BCUT2D eigenvalue weighted by atomic mass is 9.88. The number of furan rings is 1. The minimum atomic E-state index is -1.65. The minimum absolute atomic E-state index is 0.0262. The predicted octanol–water partition coefficient (Wildman–Crippen LogP) is 2.15. The number of benzene rings is 1. The first-order chi connectivity index (χ1) is 19.8. The average molecular weight is 614 g/mol. The molecule has 11 nitrogen and oxygen atoms in total. The van der Waals surface area contributed by atoms with E-state index in [1.165, 1.54) is 17.1 Å². The second-order valence-electron chi connectivity index (χ2n) is 10.9. The topological polar surface area (TPSA) is 160 Å². The normalized spacial score (nSPS) is 30.6. The molecule has 1 saturated carbocycles. The number of hydrogen-bond donors (Lipinski definition) is 5. The van der Waals surface area contributed by atoms with E-state index in [1.807, 2.05) is 6.07 Å². The van der Waals surface area contributed by atoms with Gasteiger partial charge in [0.15, 0.2) is 11.3 Å². The summed E-state index contributed by atoms with van der Waals surface area (Å²) in [7, 11) is 3.17. The van der Waals surface area contributed by atoms with E-state index in [1.54, 1.807) is 23.8 Å². The molecule has 2 aliphatic heterocycles. The zero-order chi connectivity index (χ0) is 29.0. The Labute approximate surface area is 246 Å². The Morgan fingerprint density at radius 2 is 2.00 bits per heavy atom. The van der Waals surface area contributed by atoms with E-state index in [4.69, 9.17) is 23.4 Å². The monoisotopic (exact) mass is 613 g/mol. The third kappa shape index (κ3) is 6.47. The summed E-state index contributed by atoms with van der Waals surface area (Å²) in [5.74, 6) is 0.225. The molecule has 5 N–H and O–H groups in total. The molecule has 13 heteroatoms. The Morgan fingerprint density at radius 1 is 1.20 bits per heavy atom. The molecule has 1 saturated heterocycles. The average Bonchev–Trinajstić information content (AvgIpc) is 3.63. The molecule has 1 aromatic heterocycles. The van der Waals surface area contributed by atoms with Crippen LogP contribution in [0.5, 0.6) is 11.5 Å². The van der Waals surface area contributed by atoms with Crippen LogP contribution in [0.3, 0.4) is 0 Å². The standard InChI is InChI=1S/C28H39NO10S2/c1-2-35-19(31)6-5-17-13-18-7-11-36-22(18)24-23(17)38-26-21(33)20(32)25(34)28(15-30,39-26)16-40-41-27(8-3-4-9-27)14-29-10-12-37-24/h7,11,13,20-21,25-26,29-30,32-34H,2-6,8-10,12,14-16H2,1H3/t20-,21-,25+,26+,28+/m1/s1. The van der Waals surface area contributed by atoms with Gasteiger partial charge in [0.25, 0.3) is 0 Å². The van der Waals surface area contributed by atoms with E-state index in [-0.39, 0.29) is 54.0 Å². The minimum Gasteiger partial charge on any atom is -0.485 e. The van der Waals surface area contributed by atoms with Gasteiger partial charge in [-0.3, -0.25) is 4.79 Å². The largest absolute Gasteiger partial charge is 0.485 e. The van der Waals surface area contributed by atoms with Gasteiger partial charge in [-0.2, -0.15) is 0 Å². The van der Waals surface area contributed by atoms with Crippen molar-refractivity contribution in [2.24, 2.45) is 0 Å². The SMILES string of the molecule is CCOC(=O)CCc1cc2ccoc2c2c1O[C@H]1O[C@@](CO)(CSSC3(CCCC3)CNCCO2)[C@@H](O)[C@H](O)[C@H]1O. The van der Waals surface area contributed by atoms with Crippen LogP contribution in [0.4, 0.5) is 0 Å². The van der Waals surface area contributed by atoms with Gasteiger partial charge in [0, 0.05) is 35.4 Å². The lowest BCUT2D eigenvalue weighted by Gasteiger charge is -2.47. The van der Waals surface area contributed by atoms with Crippen LogP contribution in [-0.2, 0) is 20.7 Å². The van der Waals surface area contributed by atoms with Crippen LogP contribution in [0.15, 0.2) is 22.8 Å². The van der Waals surface area contributed by atoms with E-state index in [9.17, 15) is 25.2 Å². The fourth-order valence-corrected chi connectivity index (χ4v) is 9.33. The summed E-state index contributed by atoms with van der Waals surface area (Å²) in [6.45, 7) is 2.99. The summed E-state index contributed by atoms with van der Waals surface area (Å²) in [6.07, 6.45) is -0.188. The summed E-state index contributed by atoms with van der Waals surface area (Å²) in [4.78, 5) is 12.2. The Kier molecular flexibility index (Phi) is 9.97. The number of nitrogens with one attached hydrogen (secondary N) is 1. The quantitative estimate of drug-likeness (QED) is 0.247. The van der Waals surface area contributed by atoms with Crippen molar-refractivity contribution in [2.75, 3.05) is 38.7 Å². The highest BCUT2D eigenvalue weighted by atomic mass is 33.1.